The molecule has 0 saturated heterocycles. The van der Waals surface area contributed by atoms with E-state index in [1.165, 1.54) is 13.8 Å². The van der Waals surface area contributed by atoms with Crippen molar-refractivity contribution in [3.8, 4) is 0 Å². The Bertz CT molecular complexity index is 1040. The third-order valence-corrected chi connectivity index (χ3v) is 4.61. The van der Waals surface area contributed by atoms with Gasteiger partial charge < -0.3 is 15.8 Å². The number of benzene rings is 1. The fourth-order valence-corrected chi connectivity index (χ4v) is 3.03. The zero-order valence-corrected chi connectivity index (χ0v) is 17.2. The summed E-state index contributed by atoms with van der Waals surface area (Å²) in [4.78, 5) is 16.1. The molecule has 0 aliphatic heterocycles. The molecule has 2 atom stereocenters. The van der Waals surface area contributed by atoms with Crippen molar-refractivity contribution in [1.29, 1.82) is 5.41 Å². The van der Waals surface area contributed by atoms with Crippen LogP contribution in [-0.2, 0) is 4.74 Å². The standard InChI is InChI=1S/C20H19F7N4O2/c1-8(4-14(20(25,26)27)33-19(28)29)12-5-11(6-13(21)15(12)22)31-18(32)16-9(2)3-10(7-30-16)17(23)24/h3,5-8,14,17H,4H2,1-2H3,(H3,28,29)(H,31,32)/t8-,14?/m1/s1. The molecule has 0 spiro atoms. The second kappa shape index (κ2) is 10.0. The lowest BCUT2D eigenvalue weighted by molar-refractivity contribution is -0.202. The Morgan fingerprint density at radius 1 is 1.24 bits per heavy atom. The van der Waals surface area contributed by atoms with Crippen LogP contribution in [0.2, 0.25) is 0 Å². The molecular formula is C20H19F7N4O2. The number of amides is 1. The Morgan fingerprint density at radius 3 is 2.39 bits per heavy atom. The van der Waals surface area contributed by atoms with Crippen LogP contribution in [0, 0.1) is 24.0 Å². The average Bonchev–Trinajstić information content (AvgIpc) is 2.68. The Labute approximate surface area is 183 Å². The maximum Gasteiger partial charge on any atom is 0.425 e. The van der Waals surface area contributed by atoms with Crippen molar-refractivity contribution in [3.63, 3.8) is 0 Å². The van der Waals surface area contributed by atoms with Crippen LogP contribution in [0.5, 0.6) is 0 Å². The molecule has 0 radical (unpaired) electrons. The van der Waals surface area contributed by atoms with Gasteiger partial charge in [0.25, 0.3) is 18.4 Å². The van der Waals surface area contributed by atoms with E-state index in [4.69, 9.17) is 11.1 Å². The van der Waals surface area contributed by atoms with Gasteiger partial charge in [-0.2, -0.15) is 13.2 Å². The summed E-state index contributed by atoms with van der Waals surface area (Å²) >= 11 is 0. The summed E-state index contributed by atoms with van der Waals surface area (Å²) in [6.45, 7) is 2.51. The molecule has 2 rings (SSSR count). The number of amidine groups is 1. The largest absolute Gasteiger partial charge is 0.453 e. The first-order valence-electron chi connectivity index (χ1n) is 9.33. The van der Waals surface area contributed by atoms with Crippen LogP contribution in [0.1, 0.15) is 52.9 Å². The number of hydrogen-bond donors (Lipinski definition) is 3. The van der Waals surface area contributed by atoms with E-state index in [2.05, 4.69) is 15.0 Å². The van der Waals surface area contributed by atoms with Crippen LogP contribution in [0.25, 0.3) is 0 Å². The minimum Gasteiger partial charge on any atom is -0.453 e. The van der Waals surface area contributed by atoms with Gasteiger partial charge in [0, 0.05) is 29.9 Å². The number of halogens is 7. The molecule has 1 amide bonds. The summed E-state index contributed by atoms with van der Waals surface area (Å²) in [6.07, 6.45) is -10.4. The zero-order valence-electron chi connectivity index (χ0n) is 17.2. The first-order chi connectivity index (χ1) is 15.2. The smallest absolute Gasteiger partial charge is 0.425 e. The topological polar surface area (TPSA) is 101 Å². The number of nitrogens with one attached hydrogen (secondary N) is 2. The number of pyridine rings is 1. The second-order valence-corrected chi connectivity index (χ2v) is 7.20. The molecule has 0 fully saturated rings. The minimum atomic E-state index is -4.94. The van der Waals surface area contributed by atoms with E-state index in [-0.39, 0.29) is 16.9 Å². The summed E-state index contributed by atoms with van der Waals surface area (Å²) in [6, 6.07) is 1.39. The van der Waals surface area contributed by atoms with Gasteiger partial charge in [-0.1, -0.05) is 6.92 Å². The number of nitrogens with zero attached hydrogens (tertiary/aromatic N) is 1. The lowest BCUT2D eigenvalue weighted by atomic mass is 9.93. The van der Waals surface area contributed by atoms with E-state index in [1.54, 1.807) is 0 Å². The fourth-order valence-electron chi connectivity index (χ4n) is 3.03. The van der Waals surface area contributed by atoms with Gasteiger partial charge in [-0.25, -0.2) is 17.6 Å². The Balaban J connectivity index is 2.30. The molecule has 1 unspecified atom stereocenters. The number of alkyl halides is 5. The maximum absolute atomic E-state index is 14.3. The third-order valence-electron chi connectivity index (χ3n) is 4.61. The van der Waals surface area contributed by atoms with E-state index in [0.717, 1.165) is 18.3 Å². The van der Waals surface area contributed by atoms with Crippen molar-refractivity contribution >= 4 is 17.6 Å². The Morgan fingerprint density at radius 2 is 1.88 bits per heavy atom. The number of carbonyl (C=O) groups is 1. The summed E-state index contributed by atoms with van der Waals surface area (Å²) in [7, 11) is 0. The lowest BCUT2D eigenvalue weighted by Gasteiger charge is -2.24. The van der Waals surface area contributed by atoms with Crippen LogP contribution in [-0.4, -0.2) is 29.2 Å². The highest BCUT2D eigenvalue weighted by Gasteiger charge is 2.43. The van der Waals surface area contributed by atoms with Crippen LogP contribution in [0.3, 0.4) is 0 Å². The number of aryl methyl sites for hydroxylation is 1. The second-order valence-electron chi connectivity index (χ2n) is 7.20. The van der Waals surface area contributed by atoms with Crippen LogP contribution in [0.15, 0.2) is 24.4 Å². The molecule has 1 aromatic heterocycles. The van der Waals surface area contributed by atoms with E-state index in [0.29, 0.717) is 6.07 Å². The molecule has 0 saturated carbocycles. The monoisotopic (exact) mass is 480 g/mol. The molecule has 13 heteroatoms. The molecule has 1 aromatic carbocycles. The Hall–Kier alpha value is -3.38. The first kappa shape index (κ1) is 25.9. The average molecular weight is 480 g/mol. The predicted molar refractivity (Wildman–Crippen MR) is 104 cm³/mol. The van der Waals surface area contributed by atoms with Gasteiger partial charge in [-0.15, -0.1) is 0 Å². The van der Waals surface area contributed by atoms with Gasteiger partial charge in [0.2, 0.25) is 0 Å². The number of hydrogen-bond acceptors (Lipinski definition) is 4. The number of rotatable bonds is 7. The van der Waals surface area contributed by atoms with Crippen molar-refractivity contribution in [1.82, 2.24) is 4.98 Å². The summed E-state index contributed by atoms with van der Waals surface area (Å²) < 4.78 is 97.6. The van der Waals surface area contributed by atoms with Gasteiger partial charge in [0.05, 0.1) is 0 Å². The zero-order chi connectivity index (χ0) is 25.1. The molecule has 33 heavy (non-hydrogen) atoms. The van der Waals surface area contributed by atoms with E-state index in [9.17, 15) is 35.5 Å². The number of aromatic nitrogens is 1. The third kappa shape index (κ3) is 6.56. The lowest BCUT2D eigenvalue weighted by Crippen LogP contribution is -2.37. The number of anilines is 1. The highest BCUT2D eigenvalue weighted by Crippen LogP contribution is 2.34. The minimum absolute atomic E-state index is 0.0934. The summed E-state index contributed by atoms with van der Waals surface area (Å²) in [5, 5.41) is 9.13. The van der Waals surface area contributed by atoms with Gasteiger partial charge in [-0.05, 0) is 36.1 Å². The molecule has 6 nitrogen and oxygen atoms in total. The number of carbonyl (C=O) groups excluding carboxylic acids is 1. The highest BCUT2D eigenvalue weighted by atomic mass is 19.4. The SMILES string of the molecule is Cc1cc(C(F)F)cnc1C(=O)Nc1cc(F)c(F)c([C@H](C)CC(OC(=N)N)C(F)(F)F)c1. The molecule has 4 N–H and O–H groups in total. The van der Waals surface area contributed by atoms with Crippen LogP contribution >= 0.6 is 0 Å². The van der Waals surface area contributed by atoms with Gasteiger partial charge >= 0.3 is 6.18 Å². The molecule has 180 valence electrons. The number of ether oxygens (including phenoxy) is 1. The summed E-state index contributed by atoms with van der Waals surface area (Å²) in [5.41, 5.74) is 3.49. The van der Waals surface area contributed by atoms with Gasteiger partial charge in [-0.3, -0.25) is 15.2 Å². The van der Waals surface area contributed by atoms with Crippen molar-refractivity contribution in [2.24, 2.45) is 5.73 Å². The quantitative estimate of drug-likeness (QED) is 0.288. The molecule has 0 aliphatic rings. The molecule has 1 heterocycles. The van der Waals surface area contributed by atoms with Crippen molar-refractivity contribution in [2.45, 2.75) is 44.9 Å². The highest BCUT2D eigenvalue weighted by molar-refractivity contribution is 6.03. The van der Waals surface area contributed by atoms with Crippen molar-refractivity contribution in [2.75, 3.05) is 5.32 Å². The normalized spacial score (nSPS) is 13.5. The number of nitrogens with two attached hydrogens (primary N) is 1. The Kier molecular flexibility index (Phi) is 7.88. The van der Waals surface area contributed by atoms with Crippen molar-refractivity contribution < 1.29 is 40.3 Å². The van der Waals surface area contributed by atoms with E-state index < -0.39 is 65.7 Å². The first-order valence-corrected chi connectivity index (χ1v) is 9.33. The maximum atomic E-state index is 14.3. The van der Waals surface area contributed by atoms with Crippen LogP contribution < -0.4 is 11.1 Å². The molecule has 2 aromatic rings. The van der Waals surface area contributed by atoms with Crippen molar-refractivity contribution in [3.05, 3.63) is 58.4 Å². The predicted octanol–water partition coefficient (Wildman–Crippen LogP) is 5.19. The van der Waals surface area contributed by atoms with Gasteiger partial charge in [0.1, 0.15) is 5.69 Å². The molecular weight excluding hydrogens is 461 g/mol. The molecule has 0 bridgehead atoms. The fraction of sp³-hybridized carbons (Fsp3) is 0.350. The van der Waals surface area contributed by atoms with E-state index in [1.807, 2.05) is 0 Å². The summed E-state index contributed by atoms with van der Waals surface area (Å²) in [5.74, 6) is -5.07. The van der Waals surface area contributed by atoms with Crippen LogP contribution in [0.4, 0.5) is 36.4 Å². The van der Waals surface area contributed by atoms with E-state index >= 15 is 0 Å². The van der Waals surface area contributed by atoms with Gasteiger partial charge in [0.15, 0.2) is 17.7 Å². The molecule has 0 aliphatic carbocycles.